The Morgan fingerprint density at radius 3 is 2.27 bits per heavy atom. The SMILES string of the molecule is Cc1ccc(S[C@@H]2C(=O)C3C4C2[C@@H]34)cc1. The smallest absolute Gasteiger partial charge is 0.150 e. The number of fused-ring (bicyclic) bond motifs is 1. The number of Topliss-reactive ketones (excluding diaryl/α,β-unsaturated/α-hetero) is 1. The highest BCUT2D eigenvalue weighted by Gasteiger charge is 2.84. The summed E-state index contributed by atoms with van der Waals surface area (Å²) in [6.45, 7) is 2.09. The van der Waals surface area contributed by atoms with Crippen LogP contribution in [0.1, 0.15) is 5.56 Å². The van der Waals surface area contributed by atoms with Crippen LogP contribution in [0.4, 0.5) is 0 Å². The fraction of sp³-hybridized carbons (Fsp3) is 0.462. The van der Waals surface area contributed by atoms with E-state index in [2.05, 4.69) is 31.2 Å². The van der Waals surface area contributed by atoms with Crippen molar-refractivity contribution in [2.75, 3.05) is 0 Å². The Bertz CT molecular complexity index is 440. The minimum absolute atomic E-state index is 0.299. The Balaban J connectivity index is 1.56. The molecule has 0 saturated heterocycles. The molecule has 4 aliphatic carbocycles. The second kappa shape index (κ2) is 2.49. The van der Waals surface area contributed by atoms with Crippen molar-refractivity contribution in [1.82, 2.24) is 0 Å². The van der Waals surface area contributed by atoms with Gasteiger partial charge in [0.15, 0.2) is 0 Å². The molecule has 3 unspecified atom stereocenters. The van der Waals surface area contributed by atoms with E-state index in [9.17, 15) is 4.79 Å². The van der Waals surface area contributed by atoms with Crippen LogP contribution in [0.5, 0.6) is 0 Å². The Morgan fingerprint density at radius 2 is 1.73 bits per heavy atom. The lowest BCUT2D eigenvalue weighted by atomic mass is 10.2. The lowest BCUT2D eigenvalue weighted by Crippen LogP contribution is -2.09. The quantitative estimate of drug-likeness (QED) is 0.755. The lowest BCUT2D eigenvalue weighted by molar-refractivity contribution is -0.118. The first-order valence-corrected chi connectivity index (χ1v) is 6.42. The molecule has 0 aliphatic heterocycles. The Labute approximate surface area is 93.3 Å². The van der Waals surface area contributed by atoms with Crippen LogP contribution >= 0.6 is 11.8 Å². The van der Waals surface area contributed by atoms with Crippen LogP contribution < -0.4 is 0 Å². The summed E-state index contributed by atoms with van der Waals surface area (Å²) < 4.78 is 0. The summed E-state index contributed by atoms with van der Waals surface area (Å²) in [5, 5.41) is 0.299. The molecule has 0 spiro atoms. The van der Waals surface area contributed by atoms with E-state index in [0.717, 1.165) is 17.8 Å². The predicted molar refractivity (Wildman–Crippen MR) is 59.8 cm³/mol. The first kappa shape index (κ1) is 8.40. The molecule has 0 N–H and O–H groups in total. The van der Waals surface area contributed by atoms with Crippen molar-refractivity contribution in [2.45, 2.75) is 17.1 Å². The predicted octanol–water partition coefficient (Wildman–Crippen LogP) is 2.53. The van der Waals surface area contributed by atoms with Crippen molar-refractivity contribution in [3.8, 4) is 0 Å². The van der Waals surface area contributed by atoms with Crippen molar-refractivity contribution >= 4 is 17.5 Å². The summed E-state index contributed by atoms with van der Waals surface area (Å²) in [7, 11) is 0. The van der Waals surface area contributed by atoms with Gasteiger partial charge in [-0.05, 0) is 36.8 Å². The largest absolute Gasteiger partial charge is 0.298 e. The Kier molecular flexibility index (Phi) is 1.39. The topological polar surface area (TPSA) is 17.1 Å². The number of ketones is 1. The van der Waals surface area contributed by atoms with Gasteiger partial charge < -0.3 is 0 Å². The normalized spacial score (nSPS) is 44.1. The van der Waals surface area contributed by atoms with E-state index >= 15 is 0 Å². The molecule has 0 amide bonds. The van der Waals surface area contributed by atoms with Gasteiger partial charge in [-0.2, -0.15) is 0 Å². The molecular weight excluding hydrogens is 204 g/mol. The van der Waals surface area contributed by atoms with Crippen LogP contribution in [0.15, 0.2) is 29.2 Å². The molecule has 5 rings (SSSR count). The van der Waals surface area contributed by atoms with Gasteiger partial charge in [-0.1, -0.05) is 17.7 Å². The average Bonchev–Trinajstić information content (AvgIpc) is 3.05. The van der Waals surface area contributed by atoms with Crippen molar-refractivity contribution < 1.29 is 4.79 Å². The highest BCUT2D eigenvalue weighted by atomic mass is 32.2. The minimum Gasteiger partial charge on any atom is -0.298 e. The molecule has 5 atom stereocenters. The molecule has 1 nitrogen and oxygen atoms in total. The molecule has 1 aromatic carbocycles. The fourth-order valence-corrected chi connectivity index (χ4v) is 4.52. The maximum absolute atomic E-state index is 11.8. The molecule has 0 aromatic heterocycles. The molecule has 0 heterocycles. The van der Waals surface area contributed by atoms with E-state index in [4.69, 9.17) is 0 Å². The van der Waals surface area contributed by atoms with Crippen LogP contribution in [0.25, 0.3) is 0 Å². The molecule has 4 aliphatic rings. The average molecular weight is 216 g/mol. The number of carbonyl (C=O) groups excluding carboxylic acids is 1. The van der Waals surface area contributed by atoms with Crippen molar-refractivity contribution in [2.24, 2.45) is 23.7 Å². The highest BCUT2D eigenvalue weighted by molar-refractivity contribution is 8.00. The summed E-state index contributed by atoms with van der Waals surface area (Å²) in [6, 6.07) is 8.52. The second-order valence-corrected chi connectivity index (χ2v) is 6.23. The van der Waals surface area contributed by atoms with E-state index < -0.39 is 0 Å². The molecule has 4 fully saturated rings. The summed E-state index contributed by atoms with van der Waals surface area (Å²) >= 11 is 1.79. The van der Waals surface area contributed by atoms with Gasteiger partial charge in [0.25, 0.3) is 0 Å². The van der Waals surface area contributed by atoms with Gasteiger partial charge in [0, 0.05) is 10.8 Å². The Hall–Kier alpha value is -0.760. The monoisotopic (exact) mass is 216 g/mol. The zero-order valence-electron chi connectivity index (χ0n) is 8.51. The van der Waals surface area contributed by atoms with Crippen LogP contribution in [0.3, 0.4) is 0 Å². The first-order valence-electron chi connectivity index (χ1n) is 5.54. The van der Waals surface area contributed by atoms with Gasteiger partial charge in [-0.15, -0.1) is 11.8 Å². The third-order valence-electron chi connectivity index (χ3n) is 4.12. The summed E-state index contributed by atoms with van der Waals surface area (Å²) in [6.07, 6.45) is 0. The van der Waals surface area contributed by atoms with Crippen LogP contribution in [0, 0.1) is 30.6 Å². The Morgan fingerprint density at radius 1 is 1.07 bits per heavy atom. The summed E-state index contributed by atoms with van der Waals surface area (Å²) in [5.41, 5.74) is 1.28. The molecule has 1 aromatic rings. The minimum atomic E-state index is 0.299. The molecule has 76 valence electrons. The van der Waals surface area contributed by atoms with Crippen LogP contribution in [-0.4, -0.2) is 11.0 Å². The third-order valence-corrected chi connectivity index (χ3v) is 5.47. The zero-order chi connectivity index (χ0) is 10.2. The van der Waals surface area contributed by atoms with Crippen LogP contribution in [0.2, 0.25) is 0 Å². The van der Waals surface area contributed by atoms with Crippen molar-refractivity contribution in [1.29, 1.82) is 0 Å². The van der Waals surface area contributed by atoms with Gasteiger partial charge in [0.2, 0.25) is 0 Å². The number of aryl methyl sites for hydroxylation is 1. The third kappa shape index (κ3) is 0.984. The summed E-state index contributed by atoms with van der Waals surface area (Å²) in [5.74, 6) is 3.44. The number of hydrogen-bond acceptors (Lipinski definition) is 2. The first-order chi connectivity index (χ1) is 7.27. The zero-order valence-corrected chi connectivity index (χ0v) is 9.33. The number of carbonyl (C=O) groups is 1. The number of benzene rings is 1. The van der Waals surface area contributed by atoms with Gasteiger partial charge in [-0.3, -0.25) is 4.79 Å². The molecular formula is C13H12OS. The van der Waals surface area contributed by atoms with E-state index in [1.807, 2.05) is 0 Å². The number of hydrogen-bond donors (Lipinski definition) is 0. The number of rotatable bonds is 2. The summed E-state index contributed by atoms with van der Waals surface area (Å²) in [4.78, 5) is 13.1. The van der Waals surface area contributed by atoms with Crippen LogP contribution in [-0.2, 0) is 4.79 Å². The van der Waals surface area contributed by atoms with E-state index in [-0.39, 0.29) is 0 Å². The maximum Gasteiger partial charge on any atom is 0.150 e. The molecule has 15 heavy (non-hydrogen) atoms. The lowest BCUT2D eigenvalue weighted by Gasteiger charge is -2.07. The fourth-order valence-electron chi connectivity index (χ4n) is 3.14. The van der Waals surface area contributed by atoms with Crippen molar-refractivity contribution in [3.05, 3.63) is 29.8 Å². The molecule has 2 bridgehead atoms. The van der Waals surface area contributed by atoms with Gasteiger partial charge in [-0.25, -0.2) is 0 Å². The molecule has 0 radical (unpaired) electrons. The van der Waals surface area contributed by atoms with E-state index in [1.165, 1.54) is 10.5 Å². The second-order valence-electron chi connectivity index (χ2n) is 5.01. The van der Waals surface area contributed by atoms with Gasteiger partial charge in [0.1, 0.15) is 5.78 Å². The molecule has 4 saturated carbocycles. The molecule has 2 heteroatoms. The van der Waals surface area contributed by atoms with Gasteiger partial charge in [0.05, 0.1) is 5.25 Å². The van der Waals surface area contributed by atoms with Crippen molar-refractivity contribution in [3.63, 3.8) is 0 Å². The van der Waals surface area contributed by atoms with Gasteiger partial charge >= 0.3 is 0 Å². The number of thioether (sulfide) groups is 1. The van der Waals surface area contributed by atoms with E-state index in [0.29, 0.717) is 17.0 Å². The highest BCUT2D eigenvalue weighted by Crippen LogP contribution is 2.82. The van der Waals surface area contributed by atoms with E-state index in [1.54, 1.807) is 11.8 Å². The maximum atomic E-state index is 11.8. The standard InChI is InChI=1S/C13H12OS/c1-6-2-4-7(5-3-6)15-13-11-8-9(11)10(8)12(13)14/h2-5,8-11,13H,1H3/t8-,9?,10?,11?,13+/m1/s1.